The quantitative estimate of drug-likeness (QED) is 0.367. The first-order valence-electron chi connectivity index (χ1n) is 11.6. The third kappa shape index (κ3) is 3.64. The van der Waals surface area contributed by atoms with Crippen molar-refractivity contribution in [3.63, 3.8) is 0 Å². The molecule has 5 rings (SSSR count). The zero-order valence-electron chi connectivity index (χ0n) is 19.7. The zero-order chi connectivity index (χ0) is 23.1. The van der Waals surface area contributed by atoms with E-state index in [-0.39, 0.29) is 0 Å². The Labute approximate surface area is 195 Å². The smallest absolute Gasteiger partial charge is 0.160 e. The van der Waals surface area contributed by atoms with Gasteiger partial charge in [0.2, 0.25) is 0 Å². The minimum atomic E-state index is 0.742. The Bertz CT molecular complexity index is 1460. The van der Waals surface area contributed by atoms with Gasteiger partial charge in [0.25, 0.3) is 0 Å². The fourth-order valence-corrected chi connectivity index (χ4v) is 5.12. The Hall–Kier alpha value is -3.71. The van der Waals surface area contributed by atoms with Crippen molar-refractivity contribution < 1.29 is 0 Å². The summed E-state index contributed by atoms with van der Waals surface area (Å²) in [5.74, 6) is 1.06. The second-order valence-electron chi connectivity index (χ2n) is 8.98. The van der Waals surface area contributed by atoms with Gasteiger partial charge in [0.05, 0.1) is 12.6 Å². The highest BCUT2D eigenvalue weighted by Gasteiger charge is 2.21. The van der Waals surface area contributed by atoms with Crippen molar-refractivity contribution in [2.45, 2.75) is 53.5 Å². The molecule has 2 heterocycles. The van der Waals surface area contributed by atoms with E-state index in [1.807, 2.05) is 13.8 Å². The maximum atomic E-state index is 9.73. The fraction of sp³-hybridized carbons (Fsp3) is 0.276. The molecule has 4 nitrogen and oxygen atoms in total. The molecule has 0 aliphatic heterocycles. The molecule has 4 heteroatoms. The van der Waals surface area contributed by atoms with Gasteiger partial charge in [-0.25, -0.2) is 9.97 Å². The van der Waals surface area contributed by atoms with E-state index in [0.717, 1.165) is 59.6 Å². The van der Waals surface area contributed by atoms with Crippen LogP contribution in [0.2, 0.25) is 0 Å². The topological polar surface area (TPSA) is 54.5 Å². The SMILES string of the molecule is CCc1nc2c(C)cc(C)nc2n1Cc1ccc2c(c1)CCc1ccccc1/C2=C(\C)C#N. The molecule has 0 radical (unpaired) electrons. The molecule has 0 unspecified atom stereocenters. The molecule has 0 saturated heterocycles. The van der Waals surface area contributed by atoms with Gasteiger partial charge in [0, 0.05) is 23.3 Å². The van der Waals surface area contributed by atoms with Gasteiger partial charge in [-0.2, -0.15) is 5.26 Å². The molecule has 0 saturated carbocycles. The van der Waals surface area contributed by atoms with E-state index >= 15 is 0 Å². The number of allylic oxidation sites excluding steroid dienone is 1. The lowest BCUT2D eigenvalue weighted by molar-refractivity contribution is 0.744. The van der Waals surface area contributed by atoms with Crippen LogP contribution < -0.4 is 0 Å². The molecule has 2 aromatic carbocycles. The predicted octanol–water partition coefficient (Wildman–Crippen LogP) is 6.10. The molecule has 0 bridgehead atoms. The van der Waals surface area contributed by atoms with Crippen LogP contribution in [0.25, 0.3) is 16.7 Å². The minimum absolute atomic E-state index is 0.742. The van der Waals surface area contributed by atoms with E-state index in [4.69, 9.17) is 9.97 Å². The average Bonchev–Trinajstić information content (AvgIpc) is 3.07. The molecule has 0 fully saturated rings. The number of aromatic nitrogens is 3. The maximum Gasteiger partial charge on any atom is 0.160 e. The second-order valence-corrected chi connectivity index (χ2v) is 8.98. The van der Waals surface area contributed by atoms with Crippen LogP contribution in [0.5, 0.6) is 0 Å². The van der Waals surface area contributed by atoms with Gasteiger partial charge in [-0.05, 0) is 73.1 Å². The van der Waals surface area contributed by atoms with Crippen molar-refractivity contribution in [3.8, 4) is 6.07 Å². The van der Waals surface area contributed by atoms with E-state index in [0.29, 0.717) is 0 Å². The number of hydrogen-bond donors (Lipinski definition) is 0. The van der Waals surface area contributed by atoms with Gasteiger partial charge in [0.15, 0.2) is 5.65 Å². The molecule has 0 amide bonds. The summed E-state index contributed by atoms with van der Waals surface area (Å²) in [5.41, 5.74) is 12.2. The van der Waals surface area contributed by atoms with Gasteiger partial charge in [-0.15, -0.1) is 0 Å². The Morgan fingerprint density at radius 2 is 1.76 bits per heavy atom. The van der Waals surface area contributed by atoms with E-state index in [1.165, 1.54) is 33.4 Å². The fourth-order valence-electron chi connectivity index (χ4n) is 5.12. The summed E-state index contributed by atoms with van der Waals surface area (Å²) in [6, 6.07) is 19.7. The summed E-state index contributed by atoms with van der Waals surface area (Å²) in [7, 11) is 0. The average molecular weight is 433 g/mol. The lowest BCUT2D eigenvalue weighted by Gasteiger charge is -2.15. The Kier molecular flexibility index (Phi) is 5.34. The molecule has 4 aromatic rings. The number of imidazole rings is 1. The van der Waals surface area contributed by atoms with E-state index in [2.05, 4.69) is 73.0 Å². The number of nitriles is 1. The van der Waals surface area contributed by atoms with Crippen molar-refractivity contribution in [1.82, 2.24) is 14.5 Å². The number of hydrogen-bond acceptors (Lipinski definition) is 3. The summed E-state index contributed by atoms with van der Waals surface area (Å²) in [6.45, 7) is 8.97. The Morgan fingerprint density at radius 3 is 2.55 bits per heavy atom. The monoisotopic (exact) mass is 432 g/mol. The first-order valence-corrected chi connectivity index (χ1v) is 11.6. The highest BCUT2D eigenvalue weighted by atomic mass is 15.1. The van der Waals surface area contributed by atoms with Crippen molar-refractivity contribution in [1.29, 1.82) is 5.26 Å². The number of nitrogens with zero attached hydrogens (tertiary/aromatic N) is 4. The van der Waals surface area contributed by atoms with Gasteiger partial charge in [0.1, 0.15) is 11.3 Å². The largest absolute Gasteiger partial charge is 0.308 e. The minimum Gasteiger partial charge on any atom is -0.308 e. The summed E-state index contributed by atoms with van der Waals surface area (Å²) in [6.07, 6.45) is 2.80. The van der Waals surface area contributed by atoms with E-state index < -0.39 is 0 Å². The van der Waals surface area contributed by atoms with Gasteiger partial charge < -0.3 is 4.57 Å². The van der Waals surface area contributed by atoms with Crippen LogP contribution in [-0.4, -0.2) is 14.5 Å². The Balaban J connectivity index is 1.62. The number of fused-ring (bicyclic) bond motifs is 3. The zero-order valence-corrected chi connectivity index (χ0v) is 19.7. The van der Waals surface area contributed by atoms with Crippen LogP contribution >= 0.6 is 0 Å². The second kappa shape index (κ2) is 8.33. The molecular formula is C29H28N4. The molecule has 0 N–H and O–H groups in total. The van der Waals surface area contributed by atoms with Gasteiger partial charge >= 0.3 is 0 Å². The number of aryl methyl sites for hydroxylation is 5. The van der Waals surface area contributed by atoms with Crippen LogP contribution in [0.15, 0.2) is 54.1 Å². The van der Waals surface area contributed by atoms with Crippen molar-refractivity contribution >= 4 is 16.7 Å². The lowest BCUT2D eigenvalue weighted by Crippen LogP contribution is -2.07. The van der Waals surface area contributed by atoms with Crippen LogP contribution in [0.1, 0.15) is 58.7 Å². The first-order chi connectivity index (χ1) is 16.0. The number of benzene rings is 2. The van der Waals surface area contributed by atoms with Gasteiger partial charge in [-0.1, -0.05) is 49.4 Å². The molecule has 0 atom stereocenters. The molecule has 2 aromatic heterocycles. The molecule has 0 spiro atoms. The maximum absolute atomic E-state index is 9.73. The van der Waals surface area contributed by atoms with Crippen LogP contribution in [0.4, 0.5) is 0 Å². The Morgan fingerprint density at radius 1 is 1.00 bits per heavy atom. The van der Waals surface area contributed by atoms with E-state index in [1.54, 1.807) is 0 Å². The molecule has 1 aliphatic carbocycles. The molecule has 164 valence electrons. The standard InChI is InChI=1S/C29H28N4/c1-5-26-32-28-18(2)14-20(4)31-29(28)33(26)17-21-10-13-25-23(15-21)12-11-22-8-6-7-9-24(22)27(25)19(3)16-30/h6-10,13-15H,5,11-12,17H2,1-4H3/b27-19-. The van der Waals surface area contributed by atoms with Crippen LogP contribution in [0, 0.1) is 25.2 Å². The van der Waals surface area contributed by atoms with E-state index in [9.17, 15) is 5.26 Å². The first kappa shape index (κ1) is 21.2. The number of rotatable bonds is 3. The summed E-state index contributed by atoms with van der Waals surface area (Å²) < 4.78 is 2.26. The number of pyridine rings is 1. The third-order valence-corrected chi connectivity index (χ3v) is 6.69. The van der Waals surface area contributed by atoms with Crippen molar-refractivity contribution in [2.24, 2.45) is 0 Å². The van der Waals surface area contributed by atoms with Crippen molar-refractivity contribution in [2.75, 3.05) is 0 Å². The highest BCUT2D eigenvalue weighted by molar-refractivity contribution is 5.87. The van der Waals surface area contributed by atoms with Crippen molar-refractivity contribution in [3.05, 3.63) is 99.0 Å². The molecular weight excluding hydrogens is 404 g/mol. The normalized spacial score (nSPS) is 14.4. The highest BCUT2D eigenvalue weighted by Crippen LogP contribution is 2.36. The summed E-state index contributed by atoms with van der Waals surface area (Å²) in [4.78, 5) is 9.73. The van der Waals surface area contributed by atoms with Gasteiger partial charge in [-0.3, -0.25) is 0 Å². The predicted molar refractivity (Wildman–Crippen MR) is 133 cm³/mol. The third-order valence-electron chi connectivity index (χ3n) is 6.69. The molecule has 1 aliphatic rings. The summed E-state index contributed by atoms with van der Waals surface area (Å²) >= 11 is 0. The van der Waals surface area contributed by atoms with Crippen LogP contribution in [0.3, 0.4) is 0 Å². The lowest BCUT2D eigenvalue weighted by atomic mass is 9.90. The summed E-state index contributed by atoms with van der Waals surface area (Å²) in [5, 5.41) is 9.73. The van der Waals surface area contributed by atoms with Crippen LogP contribution in [-0.2, 0) is 25.8 Å². The molecule has 33 heavy (non-hydrogen) atoms.